The molecule has 2 rings (SSSR count). The van der Waals surface area contributed by atoms with Gasteiger partial charge in [-0.05, 0) is 31.5 Å². The second kappa shape index (κ2) is 5.14. The summed E-state index contributed by atoms with van der Waals surface area (Å²) in [6.45, 7) is 6.33. The van der Waals surface area contributed by atoms with Crippen LogP contribution in [0.25, 0.3) is 11.0 Å². The van der Waals surface area contributed by atoms with E-state index in [1.165, 1.54) is 7.11 Å². The molecule has 0 aliphatic rings. The minimum Gasteiger partial charge on any atom is -0.465 e. The lowest BCUT2D eigenvalue weighted by atomic mass is 10.2. The fourth-order valence-electron chi connectivity index (χ4n) is 1.93. The van der Waals surface area contributed by atoms with Gasteiger partial charge in [0.25, 0.3) is 0 Å². The van der Waals surface area contributed by atoms with Crippen LogP contribution in [0.5, 0.6) is 0 Å². The molecule has 0 spiro atoms. The first kappa shape index (κ1) is 13.1. The Morgan fingerprint density at radius 2 is 2.21 bits per heavy atom. The van der Waals surface area contributed by atoms with Crippen molar-refractivity contribution in [3.8, 4) is 0 Å². The zero-order valence-electron chi connectivity index (χ0n) is 11.0. The SMILES string of the molecule is C=C(C)CCn1c(=O)[nH]c2cc(C(=O)OC)ccc21. The van der Waals surface area contributed by atoms with E-state index in [2.05, 4.69) is 16.3 Å². The van der Waals surface area contributed by atoms with Crippen LogP contribution in [0.4, 0.5) is 0 Å². The summed E-state index contributed by atoms with van der Waals surface area (Å²) in [5.41, 5.74) is 2.67. The molecule has 1 aromatic carbocycles. The zero-order chi connectivity index (χ0) is 14.0. The van der Waals surface area contributed by atoms with E-state index >= 15 is 0 Å². The first-order chi connectivity index (χ1) is 9.02. The molecule has 1 N–H and O–H groups in total. The molecule has 1 heterocycles. The fraction of sp³-hybridized carbons (Fsp3) is 0.286. The number of methoxy groups -OCH3 is 1. The number of aromatic nitrogens is 2. The first-order valence-corrected chi connectivity index (χ1v) is 5.98. The van der Waals surface area contributed by atoms with Crippen LogP contribution in [0.1, 0.15) is 23.7 Å². The first-order valence-electron chi connectivity index (χ1n) is 5.98. The average molecular weight is 260 g/mol. The van der Waals surface area contributed by atoms with E-state index in [0.717, 1.165) is 17.5 Å². The molecule has 0 fully saturated rings. The van der Waals surface area contributed by atoms with Gasteiger partial charge < -0.3 is 9.72 Å². The molecule has 0 bridgehead atoms. The van der Waals surface area contributed by atoms with Crippen LogP contribution in [0.2, 0.25) is 0 Å². The molecule has 5 heteroatoms. The monoisotopic (exact) mass is 260 g/mol. The maximum atomic E-state index is 11.9. The van der Waals surface area contributed by atoms with Crippen molar-refractivity contribution >= 4 is 17.0 Å². The second-order valence-corrected chi connectivity index (χ2v) is 4.51. The van der Waals surface area contributed by atoms with Crippen LogP contribution in [0, 0.1) is 0 Å². The van der Waals surface area contributed by atoms with Crippen molar-refractivity contribution in [2.75, 3.05) is 7.11 Å². The third kappa shape index (κ3) is 2.59. The van der Waals surface area contributed by atoms with Crippen molar-refractivity contribution < 1.29 is 9.53 Å². The Hall–Kier alpha value is -2.30. The van der Waals surface area contributed by atoms with Gasteiger partial charge in [0.2, 0.25) is 0 Å². The number of nitrogens with one attached hydrogen (secondary N) is 1. The van der Waals surface area contributed by atoms with Gasteiger partial charge in [0.05, 0.1) is 23.7 Å². The number of aromatic amines is 1. The van der Waals surface area contributed by atoms with E-state index in [4.69, 9.17) is 0 Å². The van der Waals surface area contributed by atoms with E-state index in [1.54, 1.807) is 22.8 Å². The number of benzene rings is 1. The molecule has 0 atom stereocenters. The summed E-state index contributed by atoms with van der Waals surface area (Å²) in [5.74, 6) is -0.419. The van der Waals surface area contributed by atoms with Crippen LogP contribution >= 0.6 is 0 Å². The molecule has 19 heavy (non-hydrogen) atoms. The van der Waals surface area contributed by atoms with E-state index in [9.17, 15) is 9.59 Å². The second-order valence-electron chi connectivity index (χ2n) is 4.51. The Kier molecular flexibility index (Phi) is 3.55. The van der Waals surface area contributed by atoms with Crippen LogP contribution in [-0.4, -0.2) is 22.6 Å². The number of fused-ring (bicyclic) bond motifs is 1. The smallest absolute Gasteiger partial charge is 0.337 e. The number of rotatable bonds is 4. The number of esters is 1. The highest BCUT2D eigenvalue weighted by molar-refractivity contribution is 5.93. The molecule has 1 aromatic heterocycles. The van der Waals surface area contributed by atoms with Crippen molar-refractivity contribution in [3.63, 3.8) is 0 Å². The summed E-state index contributed by atoms with van der Waals surface area (Å²) in [6, 6.07) is 5.02. The quantitative estimate of drug-likeness (QED) is 0.676. The minimum atomic E-state index is -0.419. The summed E-state index contributed by atoms with van der Waals surface area (Å²) in [5, 5.41) is 0. The Morgan fingerprint density at radius 3 is 2.84 bits per heavy atom. The van der Waals surface area contributed by atoms with Gasteiger partial charge in [-0.1, -0.05) is 5.57 Å². The van der Waals surface area contributed by atoms with Gasteiger partial charge in [-0.3, -0.25) is 4.57 Å². The number of imidazole rings is 1. The molecular formula is C14H16N2O3. The highest BCUT2D eigenvalue weighted by Gasteiger charge is 2.10. The molecule has 0 saturated carbocycles. The number of H-pyrrole nitrogens is 1. The van der Waals surface area contributed by atoms with Gasteiger partial charge in [-0.2, -0.15) is 0 Å². The molecule has 2 aromatic rings. The topological polar surface area (TPSA) is 64.1 Å². The van der Waals surface area contributed by atoms with Gasteiger partial charge in [-0.15, -0.1) is 6.58 Å². The molecule has 0 saturated heterocycles. The van der Waals surface area contributed by atoms with E-state index in [-0.39, 0.29) is 5.69 Å². The molecular weight excluding hydrogens is 244 g/mol. The Balaban J connectivity index is 2.45. The molecule has 100 valence electrons. The van der Waals surface area contributed by atoms with Crippen LogP contribution < -0.4 is 5.69 Å². The lowest BCUT2D eigenvalue weighted by Crippen LogP contribution is -2.16. The molecule has 0 amide bonds. The number of aryl methyl sites for hydroxylation is 1. The van der Waals surface area contributed by atoms with Gasteiger partial charge in [0, 0.05) is 6.54 Å². The van der Waals surface area contributed by atoms with E-state index in [0.29, 0.717) is 17.6 Å². The number of carbonyl (C=O) groups excluding carboxylic acids is 1. The van der Waals surface area contributed by atoms with Crippen molar-refractivity contribution in [2.24, 2.45) is 0 Å². The Labute approximate surface area is 110 Å². The van der Waals surface area contributed by atoms with Gasteiger partial charge in [0.15, 0.2) is 0 Å². The highest BCUT2D eigenvalue weighted by atomic mass is 16.5. The number of ether oxygens (including phenoxy) is 1. The van der Waals surface area contributed by atoms with Crippen LogP contribution in [-0.2, 0) is 11.3 Å². The highest BCUT2D eigenvalue weighted by Crippen LogP contribution is 2.14. The van der Waals surface area contributed by atoms with Gasteiger partial charge >= 0.3 is 11.7 Å². The summed E-state index contributed by atoms with van der Waals surface area (Å²) in [6.07, 6.45) is 0.742. The third-order valence-electron chi connectivity index (χ3n) is 2.96. The molecule has 5 nitrogen and oxygen atoms in total. The Bertz CT molecular complexity index is 694. The van der Waals surface area contributed by atoms with Gasteiger partial charge in [0.1, 0.15) is 0 Å². The largest absolute Gasteiger partial charge is 0.465 e. The predicted octanol–water partition coefficient (Wildman–Crippen LogP) is 2.08. The summed E-state index contributed by atoms with van der Waals surface area (Å²) >= 11 is 0. The normalized spacial score (nSPS) is 10.6. The maximum absolute atomic E-state index is 11.9. The lowest BCUT2D eigenvalue weighted by Gasteiger charge is -2.03. The van der Waals surface area contributed by atoms with Crippen molar-refractivity contribution in [3.05, 3.63) is 46.4 Å². The lowest BCUT2D eigenvalue weighted by molar-refractivity contribution is 0.0601. The summed E-state index contributed by atoms with van der Waals surface area (Å²) < 4.78 is 6.30. The van der Waals surface area contributed by atoms with Crippen LogP contribution in [0.15, 0.2) is 35.1 Å². The summed E-state index contributed by atoms with van der Waals surface area (Å²) in [4.78, 5) is 26.0. The number of hydrogen-bond acceptors (Lipinski definition) is 3. The molecule has 0 aliphatic heterocycles. The Morgan fingerprint density at radius 1 is 1.47 bits per heavy atom. The third-order valence-corrected chi connectivity index (χ3v) is 2.96. The van der Waals surface area contributed by atoms with Crippen LogP contribution in [0.3, 0.4) is 0 Å². The molecule has 0 aliphatic carbocycles. The average Bonchev–Trinajstić information content (AvgIpc) is 2.69. The van der Waals surface area contributed by atoms with Crippen molar-refractivity contribution in [1.82, 2.24) is 9.55 Å². The van der Waals surface area contributed by atoms with E-state index in [1.807, 2.05) is 6.92 Å². The number of allylic oxidation sites excluding steroid dienone is 1. The maximum Gasteiger partial charge on any atom is 0.337 e. The molecule has 0 unspecified atom stereocenters. The molecule has 0 radical (unpaired) electrons. The number of hydrogen-bond donors (Lipinski definition) is 1. The van der Waals surface area contributed by atoms with Crippen molar-refractivity contribution in [1.29, 1.82) is 0 Å². The van der Waals surface area contributed by atoms with E-state index < -0.39 is 5.97 Å². The standard InChI is InChI=1S/C14H16N2O3/c1-9(2)6-7-16-12-5-4-10(13(17)19-3)8-11(12)15-14(16)18/h4-5,8H,1,6-7H2,2-3H3,(H,15,18). The minimum absolute atomic E-state index is 0.182. The fourth-order valence-corrected chi connectivity index (χ4v) is 1.93. The predicted molar refractivity (Wildman–Crippen MR) is 73.3 cm³/mol. The van der Waals surface area contributed by atoms with Gasteiger partial charge in [-0.25, -0.2) is 9.59 Å². The number of nitrogens with zero attached hydrogens (tertiary/aromatic N) is 1. The zero-order valence-corrected chi connectivity index (χ0v) is 11.0. The number of carbonyl (C=O) groups is 1. The summed E-state index contributed by atoms with van der Waals surface area (Å²) in [7, 11) is 1.33. The van der Waals surface area contributed by atoms with Crippen molar-refractivity contribution in [2.45, 2.75) is 19.9 Å².